The van der Waals surface area contributed by atoms with Gasteiger partial charge < -0.3 is 29.4 Å². The first kappa shape index (κ1) is 18.8. The molecule has 2 aromatic rings. The van der Waals surface area contributed by atoms with E-state index in [0.29, 0.717) is 23.0 Å². The van der Waals surface area contributed by atoms with Crippen molar-refractivity contribution < 1.29 is 29.4 Å². The van der Waals surface area contributed by atoms with Gasteiger partial charge >= 0.3 is 0 Å². The van der Waals surface area contributed by atoms with Gasteiger partial charge in [0.05, 0.1) is 11.8 Å². The van der Waals surface area contributed by atoms with Crippen molar-refractivity contribution in [1.82, 2.24) is 5.48 Å². The summed E-state index contributed by atoms with van der Waals surface area (Å²) in [7, 11) is 0. The van der Waals surface area contributed by atoms with Gasteiger partial charge in [-0.15, -0.1) is 0 Å². The Morgan fingerprint density at radius 1 is 0.967 bits per heavy atom. The van der Waals surface area contributed by atoms with Crippen LogP contribution in [0.5, 0.6) is 23.0 Å². The summed E-state index contributed by atoms with van der Waals surface area (Å²) in [6.45, 7) is 0.408. The third-order valence-electron chi connectivity index (χ3n) is 5.78. The van der Waals surface area contributed by atoms with Crippen LogP contribution in [0.4, 0.5) is 0 Å². The summed E-state index contributed by atoms with van der Waals surface area (Å²) in [6.07, 6.45) is 4.45. The fourth-order valence-corrected chi connectivity index (χ4v) is 4.33. The summed E-state index contributed by atoms with van der Waals surface area (Å²) >= 11 is 0. The molecule has 1 fully saturated rings. The van der Waals surface area contributed by atoms with Crippen LogP contribution in [0.2, 0.25) is 0 Å². The Hall–Kier alpha value is -3.23. The number of hydrogen-bond acceptors (Lipinski definition) is 8. The summed E-state index contributed by atoms with van der Waals surface area (Å²) in [5.74, 6) is 2.53. The number of ether oxygens (including phenoxy) is 4. The quantitative estimate of drug-likeness (QED) is 0.519. The SMILES string of the molecule is ON=C1/C(=C\c2ccc3c(c2)OCO3)CCC[C@@H]1[C@H](NO)c1ccc2c(c1)OCO2. The number of hydroxylamine groups is 1. The van der Waals surface area contributed by atoms with Crippen molar-refractivity contribution >= 4 is 11.8 Å². The van der Waals surface area contributed by atoms with E-state index in [2.05, 4.69) is 10.6 Å². The number of allylic oxidation sites excluding steroid dienone is 1. The van der Waals surface area contributed by atoms with Gasteiger partial charge in [0.1, 0.15) is 0 Å². The molecule has 30 heavy (non-hydrogen) atoms. The van der Waals surface area contributed by atoms with E-state index in [1.165, 1.54) is 0 Å². The first-order valence-corrected chi connectivity index (χ1v) is 9.88. The molecule has 0 bridgehead atoms. The second-order valence-corrected chi connectivity index (χ2v) is 7.49. The number of nitrogens with zero attached hydrogens (tertiary/aromatic N) is 1. The van der Waals surface area contributed by atoms with Crippen LogP contribution in [0.3, 0.4) is 0 Å². The first-order chi connectivity index (χ1) is 14.8. The van der Waals surface area contributed by atoms with E-state index in [0.717, 1.165) is 41.7 Å². The van der Waals surface area contributed by atoms with Gasteiger partial charge in [0.25, 0.3) is 0 Å². The van der Waals surface area contributed by atoms with Crippen molar-refractivity contribution in [3.63, 3.8) is 0 Å². The Morgan fingerprint density at radius 3 is 2.40 bits per heavy atom. The molecule has 0 saturated heterocycles. The summed E-state index contributed by atoms with van der Waals surface area (Å²) in [6, 6.07) is 10.8. The molecule has 0 amide bonds. The third-order valence-corrected chi connectivity index (χ3v) is 5.78. The molecule has 8 heteroatoms. The molecule has 2 aromatic carbocycles. The van der Waals surface area contributed by atoms with Gasteiger partial charge in [-0.05, 0) is 66.3 Å². The molecule has 0 spiro atoms. The minimum absolute atomic E-state index is 0.186. The average Bonchev–Trinajstić information content (AvgIpc) is 3.43. The molecule has 3 aliphatic rings. The molecule has 0 unspecified atom stereocenters. The van der Waals surface area contributed by atoms with E-state index in [1.54, 1.807) is 0 Å². The first-order valence-electron chi connectivity index (χ1n) is 9.88. The number of fused-ring (bicyclic) bond motifs is 2. The van der Waals surface area contributed by atoms with E-state index in [-0.39, 0.29) is 19.5 Å². The maximum atomic E-state index is 9.97. The van der Waals surface area contributed by atoms with Gasteiger partial charge in [-0.1, -0.05) is 17.3 Å². The van der Waals surface area contributed by atoms with Crippen LogP contribution >= 0.6 is 0 Å². The van der Waals surface area contributed by atoms with Crippen LogP contribution < -0.4 is 24.4 Å². The zero-order chi connectivity index (χ0) is 20.5. The van der Waals surface area contributed by atoms with E-state index in [1.807, 2.05) is 42.5 Å². The summed E-state index contributed by atoms with van der Waals surface area (Å²) < 4.78 is 21.7. The molecule has 2 atom stereocenters. The van der Waals surface area contributed by atoms with E-state index >= 15 is 0 Å². The Bertz CT molecular complexity index is 1020. The fraction of sp³-hybridized carbons (Fsp3) is 0.318. The zero-order valence-electron chi connectivity index (χ0n) is 16.2. The normalized spacial score (nSPS) is 23.2. The molecule has 2 aliphatic heterocycles. The van der Waals surface area contributed by atoms with Crippen LogP contribution in [0, 0.1) is 5.92 Å². The highest BCUT2D eigenvalue weighted by Gasteiger charge is 2.33. The minimum atomic E-state index is -0.453. The van der Waals surface area contributed by atoms with E-state index in [9.17, 15) is 10.4 Å². The minimum Gasteiger partial charge on any atom is -0.454 e. The van der Waals surface area contributed by atoms with Gasteiger partial charge in [0.15, 0.2) is 23.0 Å². The Balaban J connectivity index is 1.45. The zero-order valence-corrected chi connectivity index (χ0v) is 16.2. The van der Waals surface area contributed by atoms with Gasteiger partial charge in [0.2, 0.25) is 13.6 Å². The molecule has 0 radical (unpaired) electrons. The molecular weight excluding hydrogens is 388 g/mol. The van der Waals surface area contributed by atoms with E-state index in [4.69, 9.17) is 18.9 Å². The lowest BCUT2D eigenvalue weighted by Gasteiger charge is -2.31. The van der Waals surface area contributed by atoms with Gasteiger partial charge in [-0.25, -0.2) is 0 Å². The summed E-state index contributed by atoms with van der Waals surface area (Å²) in [5.41, 5.74) is 5.66. The lowest BCUT2D eigenvalue weighted by molar-refractivity contribution is 0.106. The Kier molecular flexibility index (Phi) is 4.94. The van der Waals surface area contributed by atoms with Crippen LogP contribution in [-0.4, -0.2) is 29.7 Å². The molecule has 5 rings (SSSR count). The van der Waals surface area contributed by atoms with Crippen molar-refractivity contribution in [2.75, 3.05) is 13.6 Å². The standard InChI is InChI=1S/C22H22N2O6/c25-23-21-14(8-13-4-6-17-19(9-13)29-11-27-17)2-1-3-16(21)22(24-26)15-5-7-18-20(10-15)30-12-28-18/h4-10,16,22,24-26H,1-3,11-12H2/b14-8-,23-21?/t16-,22+/m0/s1. The lowest BCUT2D eigenvalue weighted by Crippen LogP contribution is -2.34. The molecule has 1 aliphatic carbocycles. The highest BCUT2D eigenvalue weighted by Crippen LogP contribution is 2.40. The smallest absolute Gasteiger partial charge is 0.231 e. The Morgan fingerprint density at radius 2 is 1.67 bits per heavy atom. The predicted octanol–water partition coefficient (Wildman–Crippen LogP) is 3.88. The lowest BCUT2D eigenvalue weighted by atomic mass is 9.77. The molecule has 1 saturated carbocycles. The second-order valence-electron chi connectivity index (χ2n) is 7.49. The van der Waals surface area contributed by atoms with Crippen LogP contribution in [-0.2, 0) is 0 Å². The molecule has 8 nitrogen and oxygen atoms in total. The van der Waals surface area contributed by atoms with Crippen molar-refractivity contribution in [3.05, 3.63) is 53.1 Å². The van der Waals surface area contributed by atoms with Gasteiger partial charge in [0, 0.05) is 5.92 Å². The predicted molar refractivity (Wildman–Crippen MR) is 107 cm³/mol. The van der Waals surface area contributed by atoms with Crippen molar-refractivity contribution in [2.45, 2.75) is 25.3 Å². The third kappa shape index (κ3) is 3.34. The molecule has 156 valence electrons. The van der Waals surface area contributed by atoms with Crippen molar-refractivity contribution in [2.24, 2.45) is 11.1 Å². The van der Waals surface area contributed by atoms with Gasteiger partial charge in [-0.2, -0.15) is 5.48 Å². The highest BCUT2D eigenvalue weighted by molar-refractivity contribution is 6.06. The average molecular weight is 410 g/mol. The van der Waals surface area contributed by atoms with Crippen LogP contribution in [0.1, 0.15) is 36.4 Å². The topological polar surface area (TPSA) is 102 Å². The Labute approximate surface area is 173 Å². The maximum Gasteiger partial charge on any atom is 0.231 e. The fourth-order valence-electron chi connectivity index (χ4n) is 4.33. The summed E-state index contributed by atoms with van der Waals surface area (Å²) in [5, 5.41) is 23.5. The van der Waals surface area contributed by atoms with Gasteiger partial charge in [-0.3, -0.25) is 0 Å². The molecule has 2 heterocycles. The van der Waals surface area contributed by atoms with E-state index < -0.39 is 6.04 Å². The van der Waals surface area contributed by atoms with Crippen LogP contribution in [0.25, 0.3) is 6.08 Å². The summed E-state index contributed by atoms with van der Waals surface area (Å²) in [4.78, 5) is 0. The van der Waals surface area contributed by atoms with Crippen molar-refractivity contribution in [1.29, 1.82) is 0 Å². The molecule has 3 N–H and O–H groups in total. The van der Waals surface area contributed by atoms with Crippen LogP contribution in [0.15, 0.2) is 47.1 Å². The largest absolute Gasteiger partial charge is 0.454 e. The maximum absolute atomic E-state index is 9.97. The molecular formula is C22H22N2O6. The number of oxime groups is 1. The number of nitrogens with one attached hydrogen (secondary N) is 1. The number of hydrogen-bond donors (Lipinski definition) is 3. The number of benzene rings is 2. The monoisotopic (exact) mass is 410 g/mol. The van der Waals surface area contributed by atoms with Crippen molar-refractivity contribution in [3.8, 4) is 23.0 Å². The molecule has 0 aromatic heterocycles. The second kappa shape index (κ2) is 7.89. The number of rotatable bonds is 4. The highest BCUT2D eigenvalue weighted by atomic mass is 16.7.